The molecule has 0 aromatic heterocycles. The molecule has 0 aliphatic rings. The SMILES string of the molecule is [CH2]C(C)Oc1ccc(OCCC)cc1. The van der Waals surface area contributed by atoms with E-state index in [9.17, 15) is 0 Å². The summed E-state index contributed by atoms with van der Waals surface area (Å²) in [6, 6.07) is 7.61. The van der Waals surface area contributed by atoms with Gasteiger partial charge in [-0.25, -0.2) is 0 Å². The molecule has 0 fully saturated rings. The van der Waals surface area contributed by atoms with Crippen LogP contribution in [0.5, 0.6) is 11.5 Å². The van der Waals surface area contributed by atoms with E-state index in [0.717, 1.165) is 24.5 Å². The van der Waals surface area contributed by atoms with Crippen molar-refractivity contribution in [1.82, 2.24) is 0 Å². The highest BCUT2D eigenvalue weighted by atomic mass is 16.5. The molecule has 0 saturated heterocycles. The van der Waals surface area contributed by atoms with Gasteiger partial charge in [-0.3, -0.25) is 0 Å². The zero-order valence-electron chi connectivity index (χ0n) is 8.82. The van der Waals surface area contributed by atoms with E-state index >= 15 is 0 Å². The first-order chi connectivity index (χ1) is 6.72. The summed E-state index contributed by atoms with van der Waals surface area (Å²) in [5, 5.41) is 0. The zero-order valence-corrected chi connectivity index (χ0v) is 8.82. The minimum absolute atomic E-state index is 0.0302. The molecule has 1 radical (unpaired) electrons. The molecule has 2 heteroatoms. The van der Waals surface area contributed by atoms with Crippen LogP contribution in [0.25, 0.3) is 0 Å². The first-order valence-electron chi connectivity index (χ1n) is 4.95. The fourth-order valence-electron chi connectivity index (χ4n) is 1.07. The molecule has 0 amide bonds. The molecule has 0 aliphatic heterocycles. The van der Waals surface area contributed by atoms with Crippen molar-refractivity contribution in [2.45, 2.75) is 26.4 Å². The highest BCUT2D eigenvalue weighted by molar-refractivity contribution is 5.31. The third-order valence-corrected chi connectivity index (χ3v) is 1.63. The molecule has 77 valence electrons. The Morgan fingerprint density at radius 1 is 1.21 bits per heavy atom. The minimum Gasteiger partial charge on any atom is -0.494 e. The summed E-state index contributed by atoms with van der Waals surface area (Å²) in [6.07, 6.45) is 0.992. The van der Waals surface area contributed by atoms with E-state index < -0.39 is 0 Å². The predicted molar refractivity (Wildman–Crippen MR) is 57.7 cm³/mol. The van der Waals surface area contributed by atoms with Crippen molar-refractivity contribution in [3.8, 4) is 11.5 Å². The summed E-state index contributed by atoms with van der Waals surface area (Å²) in [4.78, 5) is 0. The molecule has 1 rings (SSSR count). The lowest BCUT2D eigenvalue weighted by Gasteiger charge is -2.10. The summed E-state index contributed by atoms with van der Waals surface area (Å²) in [5.74, 6) is 1.72. The van der Waals surface area contributed by atoms with Crippen molar-refractivity contribution in [2.75, 3.05) is 6.61 Å². The second-order valence-corrected chi connectivity index (χ2v) is 3.25. The average Bonchev–Trinajstić information content (AvgIpc) is 2.16. The van der Waals surface area contributed by atoms with Gasteiger partial charge in [0.2, 0.25) is 0 Å². The van der Waals surface area contributed by atoms with Crippen LogP contribution < -0.4 is 9.47 Å². The van der Waals surface area contributed by atoms with E-state index in [1.165, 1.54) is 0 Å². The Hall–Kier alpha value is -1.18. The second kappa shape index (κ2) is 5.53. The van der Waals surface area contributed by atoms with E-state index in [0.29, 0.717) is 0 Å². The fraction of sp³-hybridized carbons (Fsp3) is 0.417. The molecular weight excluding hydrogens is 176 g/mol. The lowest BCUT2D eigenvalue weighted by molar-refractivity contribution is 0.266. The van der Waals surface area contributed by atoms with E-state index in [1.807, 2.05) is 31.2 Å². The minimum atomic E-state index is -0.0302. The molecule has 0 heterocycles. The maximum Gasteiger partial charge on any atom is 0.119 e. The van der Waals surface area contributed by atoms with Gasteiger partial charge in [-0.05, 0) is 44.5 Å². The van der Waals surface area contributed by atoms with Crippen LogP contribution in [0.3, 0.4) is 0 Å². The molecular formula is C12H17O2. The van der Waals surface area contributed by atoms with E-state index in [2.05, 4.69) is 13.8 Å². The van der Waals surface area contributed by atoms with Crippen LogP contribution >= 0.6 is 0 Å². The molecule has 0 saturated carbocycles. The van der Waals surface area contributed by atoms with Crippen LogP contribution in [0.1, 0.15) is 20.3 Å². The second-order valence-electron chi connectivity index (χ2n) is 3.25. The molecule has 14 heavy (non-hydrogen) atoms. The maximum absolute atomic E-state index is 5.44. The van der Waals surface area contributed by atoms with Gasteiger partial charge in [0.05, 0.1) is 12.7 Å². The number of hydrogen-bond donors (Lipinski definition) is 0. The molecule has 1 unspecified atom stereocenters. The number of rotatable bonds is 5. The van der Waals surface area contributed by atoms with Gasteiger partial charge in [-0.2, -0.15) is 0 Å². The maximum atomic E-state index is 5.44. The van der Waals surface area contributed by atoms with E-state index in [1.54, 1.807) is 0 Å². The fourth-order valence-corrected chi connectivity index (χ4v) is 1.07. The first kappa shape index (κ1) is 10.9. The lowest BCUT2D eigenvalue weighted by Crippen LogP contribution is -2.05. The zero-order chi connectivity index (χ0) is 10.4. The van der Waals surface area contributed by atoms with E-state index in [-0.39, 0.29) is 6.10 Å². The molecule has 0 aliphatic carbocycles. The van der Waals surface area contributed by atoms with E-state index in [4.69, 9.17) is 9.47 Å². The monoisotopic (exact) mass is 193 g/mol. The van der Waals surface area contributed by atoms with Crippen molar-refractivity contribution >= 4 is 0 Å². The third kappa shape index (κ3) is 3.69. The van der Waals surface area contributed by atoms with Crippen LogP contribution in [0.4, 0.5) is 0 Å². The Bertz CT molecular complexity index is 252. The normalized spacial score (nSPS) is 10.3. The van der Waals surface area contributed by atoms with Gasteiger partial charge in [0.1, 0.15) is 11.5 Å². The van der Waals surface area contributed by atoms with Crippen LogP contribution in [0, 0.1) is 6.92 Å². The van der Waals surface area contributed by atoms with Crippen molar-refractivity contribution in [1.29, 1.82) is 0 Å². The highest BCUT2D eigenvalue weighted by Gasteiger charge is 1.97. The molecule has 2 nitrogen and oxygen atoms in total. The Kier molecular flexibility index (Phi) is 4.30. The molecule has 0 bridgehead atoms. The van der Waals surface area contributed by atoms with Gasteiger partial charge in [0, 0.05) is 0 Å². The predicted octanol–water partition coefficient (Wildman–Crippen LogP) is 3.08. The Labute approximate surface area is 85.8 Å². The van der Waals surface area contributed by atoms with Crippen LogP contribution in [-0.2, 0) is 0 Å². The number of hydrogen-bond acceptors (Lipinski definition) is 2. The molecule has 0 spiro atoms. The van der Waals surface area contributed by atoms with Gasteiger partial charge < -0.3 is 9.47 Å². The smallest absolute Gasteiger partial charge is 0.119 e. The average molecular weight is 193 g/mol. The molecule has 1 aromatic carbocycles. The van der Waals surface area contributed by atoms with Crippen molar-refractivity contribution in [2.24, 2.45) is 0 Å². The first-order valence-corrected chi connectivity index (χ1v) is 4.95. The largest absolute Gasteiger partial charge is 0.494 e. The number of benzene rings is 1. The Balaban J connectivity index is 2.50. The lowest BCUT2D eigenvalue weighted by atomic mass is 10.3. The summed E-state index contributed by atoms with van der Waals surface area (Å²) in [7, 11) is 0. The van der Waals surface area contributed by atoms with Gasteiger partial charge >= 0.3 is 0 Å². The molecule has 1 atom stereocenters. The van der Waals surface area contributed by atoms with Gasteiger partial charge in [0.15, 0.2) is 0 Å². The number of ether oxygens (including phenoxy) is 2. The van der Waals surface area contributed by atoms with Crippen molar-refractivity contribution in [3.05, 3.63) is 31.2 Å². The van der Waals surface area contributed by atoms with Crippen molar-refractivity contribution in [3.63, 3.8) is 0 Å². The summed E-state index contributed by atoms with van der Waals surface area (Å²) in [6.45, 7) is 8.50. The third-order valence-electron chi connectivity index (χ3n) is 1.63. The summed E-state index contributed by atoms with van der Waals surface area (Å²) < 4.78 is 10.9. The quantitative estimate of drug-likeness (QED) is 0.715. The summed E-state index contributed by atoms with van der Waals surface area (Å²) in [5.41, 5.74) is 0. The van der Waals surface area contributed by atoms with Gasteiger partial charge in [-0.15, -0.1) is 0 Å². The standard InChI is InChI=1S/C12H17O2/c1-4-9-13-11-5-7-12(8-6-11)14-10(2)3/h5-8,10H,2,4,9H2,1,3H3. The Morgan fingerprint density at radius 3 is 2.29 bits per heavy atom. The van der Waals surface area contributed by atoms with Crippen LogP contribution in [-0.4, -0.2) is 12.7 Å². The van der Waals surface area contributed by atoms with Crippen LogP contribution in [0.2, 0.25) is 0 Å². The topological polar surface area (TPSA) is 18.5 Å². The molecule has 0 N–H and O–H groups in total. The molecule has 1 aromatic rings. The van der Waals surface area contributed by atoms with Crippen LogP contribution in [0.15, 0.2) is 24.3 Å². The highest BCUT2D eigenvalue weighted by Crippen LogP contribution is 2.18. The Morgan fingerprint density at radius 2 is 1.79 bits per heavy atom. The summed E-state index contributed by atoms with van der Waals surface area (Å²) >= 11 is 0. The van der Waals surface area contributed by atoms with Gasteiger partial charge in [0.25, 0.3) is 0 Å². The van der Waals surface area contributed by atoms with Crippen molar-refractivity contribution < 1.29 is 9.47 Å². The van der Waals surface area contributed by atoms with Gasteiger partial charge in [-0.1, -0.05) is 6.92 Å².